The molecule has 4 nitrogen and oxygen atoms in total. The van der Waals surface area contributed by atoms with Gasteiger partial charge in [-0.2, -0.15) is 0 Å². The Bertz CT molecular complexity index is 833. The van der Waals surface area contributed by atoms with Crippen molar-refractivity contribution < 1.29 is 9.59 Å². The Morgan fingerprint density at radius 3 is 2.56 bits per heavy atom. The van der Waals surface area contributed by atoms with Crippen LogP contribution in [0.5, 0.6) is 0 Å². The van der Waals surface area contributed by atoms with E-state index in [4.69, 9.17) is 11.6 Å². The van der Waals surface area contributed by atoms with Crippen molar-refractivity contribution in [2.45, 2.75) is 20.3 Å². The zero-order valence-corrected chi connectivity index (χ0v) is 16.3. The summed E-state index contributed by atoms with van der Waals surface area (Å²) in [5.74, 6) is -0.614. The van der Waals surface area contributed by atoms with Gasteiger partial charge < -0.3 is 10.2 Å². The molecule has 1 N–H and O–H groups in total. The molecule has 2 amide bonds. The first-order valence-electron chi connectivity index (χ1n) is 7.99. The average molecular weight is 422 g/mol. The maximum absolute atomic E-state index is 12.6. The van der Waals surface area contributed by atoms with Gasteiger partial charge >= 0.3 is 0 Å². The van der Waals surface area contributed by atoms with E-state index in [0.717, 1.165) is 21.3 Å². The third-order valence-electron chi connectivity index (χ3n) is 4.39. The third kappa shape index (κ3) is 3.72. The normalized spacial score (nSPS) is 17.0. The van der Waals surface area contributed by atoms with Crippen molar-refractivity contribution in [2.24, 2.45) is 5.92 Å². The van der Waals surface area contributed by atoms with Crippen LogP contribution < -0.4 is 10.2 Å². The lowest BCUT2D eigenvalue weighted by atomic mass is 10.1. The molecule has 1 saturated heterocycles. The number of anilines is 2. The maximum Gasteiger partial charge on any atom is 0.229 e. The fourth-order valence-electron chi connectivity index (χ4n) is 3.16. The first-order chi connectivity index (χ1) is 11.9. The fraction of sp³-hybridized carbons (Fsp3) is 0.263. The molecule has 1 aliphatic rings. The largest absolute Gasteiger partial charge is 0.324 e. The number of carbonyl (C=O) groups excluding carboxylic acids is 2. The maximum atomic E-state index is 12.6. The minimum atomic E-state index is -0.397. The van der Waals surface area contributed by atoms with Crippen LogP contribution in [0.15, 0.2) is 40.9 Å². The van der Waals surface area contributed by atoms with Crippen LogP contribution in [-0.4, -0.2) is 18.4 Å². The van der Waals surface area contributed by atoms with Crippen molar-refractivity contribution in [1.29, 1.82) is 0 Å². The van der Waals surface area contributed by atoms with E-state index in [9.17, 15) is 9.59 Å². The van der Waals surface area contributed by atoms with Gasteiger partial charge in [0.25, 0.3) is 0 Å². The Balaban J connectivity index is 1.77. The van der Waals surface area contributed by atoms with Crippen LogP contribution in [0.4, 0.5) is 11.4 Å². The molecule has 2 aromatic rings. The zero-order valence-electron chi connectivity index (χ0n) is 14.0. The number of benzene rings is 2. The summed E-state index contributed by atoms with van der Waals surface area (Å²) in [6.07, 6.45) is 0.202. The minimum Gasteiger partial charge on any atom is -0.324 e. The first kappa shape index (κ1) is 18.0. The van der Waals surface area contributed by atoms with Crippen LogP contribution >= 0.6 is 27.5 Å². The number of nitrogens with zero attached hydrogens (tertiary/aromatic N) is 1. The lowest BCUT2D eigenvalue weighted by molar-refractivity contribution is -0.122. The molecule has 0 unspecified atom stereocenters. The smallest absolute Gasteiger partial charge is 0.229 e. The standard InChI is InChI=1S/C19H18BrClN2O2/c1-11-4-3-5-12(2)18(11)23-10-13(8-17(23)24)19(25)22-16-7-6-14(20)9-15(16)21/h3-7,9,13H,8,10H2,1-2H3,(H,22,25)/t13-/m0/s1. The number of carbonyl (C=O) groups is 2. The van der Waals surface area contributed by atoms with E-state index in [-0.39, 0.29) is 18.2 Å². The average Bonchev–Trinajstić information content (AvgIpc) is 2.92. The number of rotatable bonds is 3. The summed E-state index contributed by atoms with van der Waals surface area (Å²) in [6, 6.07) is 11.2. The van der Waals surface area contributed by atoms with Crippen LogP contribution in [0.3, 0.4) is 0 Å². The van der Waals surface area contributed by atoms with E-state index in [1.165, 1.54) is 0 Å². The Morgan fingerprint density at radius 2 is 1.92 bits per heavy atom. The van der Waals surface area contributed by atoms with Crippen LogP contribution in [-0.2, 0) is 9.59 Å². The van der Waals surface area contributed by atoms with Crippen molar-refractivity contribution in [3.63, 3.8) is 0 Å². The van der Waals surface area contributed by atoms with E-state index >= 15 is 0 Å². The van der Waals surface area contributed by atoms with Crippen LogP contribution in [0.1, 0.15) is 17.5 Å². The van der Waals surface area contributed by atoms with Gasteiger partial charge in [0.15, 0.2) is 0 Å². The van der Waals surface area contributed by atoms with Crippen molar-refractivity contribution >= 4 is 50.7 Å². The van der Waals surface area contributed by atoms with Gasteiger partial charge in [-0.15, -0.1) is 0 Å². The van der Waals surface area contributed by atoms with Gasteiger partial charge in [-0.3, -0.25) is 9.59 Å². The molecule has 1 aliphatic heterocycles. The summed E-state index contributed by atoms with van der Waals surface area (Å²) < 4.78 is 0.841. The van der Waals surface area contributed by atoms with Crippen LogP contribution in [0.2, 0.25) is 5.02 Å². The van der Waals surface area contributed by atoms with Crippen molar-refractivity contribution in [3.8, 4) is 0 Å². The zero-order chi connectivity index (χ0) is 18.1. The molecule has 3 rings (SSSR count). The quantitative estimate of drug-likeness (QED) is 0.780. The second-order valence-corrected chi connectivity index (χ2v) is 7.58. The van der Waals surface area contributed by atoms with E-state index in [2.05, 4.69) is 21.2 Å². The molecule has 25 heavy (non-hydrogen) atoms. The number of aryl methyl sites for hydroxylation is 2. The highest BCUT2D eigenvalue weighted by Crippen LogP contribution is 2.32. The van der Waals surface area contributed by atoms with Gasteiger partial charge in [0, 0.05) is 23.1 Å². The van der Waals surface area contributed by atoms with Crippen LogP contribution in [0.25, 0.3) is 0 Å². The molecule has 6 heteroatoms. The van der Waals surface area contributed by atoms with Crippen molar-refractivity contribution in [1.82, 2.24) is 0 Å². The van der Waals surface area contributed by atoms with Gasteiger partial charge in [0.05, 0.1) is 16.6 Å². The molecule has 0 radical (unpaired) electrons. The summed E-state index contributed by atoms with van der Waals surface area (Å²) in [5.41, 5.74) is 3.52. The van der Waals surface area contributed by atoms with Crippen LogP contribution in [0, 0.1) is 19.8 Å². The number of hydrogen-bond acceptors (Lipinski definition) is 2. The predicted octanol–water partition coefficient (Wildman–Crippen LogP) is 4.71. The van der Waals surface area contributed by atoms with Gasteiger partial charge in [-0.1, -0.05) is 45.7 Å². The number of halogens is 2. The Kier molecular flexibility index (Phi) is 5.16. The molecule has 1 atom stereocenters. The molecular formula is C19H18BrClN2O2. The van der Waals surface area contributed by atoms with Crippen molar-refractivity contribution in [2.75, 3.05) is 16.8 Å². The van der Waals surface area contributed by atoms with Gasteiger partial charge in [-0.05, 0) is 43.2 Å². The molecule has 2 aromatic carbocycles. The second kappa shape index (κ2) is 7.18. The summed E-state index contributed by atoms with van der Waals surface area (Å²) in [7, 11) is 0. The van der Waals surface area contributed by atoms with E-state index < -0.39 is 5.92 Å². The summed E-state index contributed by atoms with van der Waals surface area (Å²) >= 11 is 9.49. The highest BCUT2D eigenvalue weighted by atomic mass is 79.9. The summed E-state index contributed by atoms with van der Waals surface area (Å²) in [4.78, 5) is 26.8. The third-order valence-corrected chi connectivity index (χ3v) is 5.20. The van der Waals surface area contributed by atoms with Crippen molar-refractivity contribution in [3.05, 3.63) is 57.0 Å². The second-order valence-electron chi connectivity index (χ2n) is 6.26. The number of hydrogen-bond donors (Lipinski definition) is 1. The van der Waals surface area contributed by atoms with Gasteiger partial charge in [-0.25, -0.2) is 0 Å². The monoisotopic (exact) mass is 420 g/mol. The molecule has 0 saturated carbocycles. The minimum absolute atomic E-state index is 0.0283. The lowest BCUT2D eigenvalue weighted by Crippen LogP contribution is -2.29. The molecule has 1 fully saturated rings. The molecular weight excluding hydrogens is 404 g/mol. The van der Waals surface area contributed by atoms with E-state index in [1.54, 1.807) is 17.0 Å². The Morgan fingerprint density at radius 1 is 1.24 bits per heavy atom. The van der Waals surface area contributed by atoms with Gasteiger partial charge in [0.1, 0.15) is 0 Å². The highest BCUT2D eigenvalue weighted by Gasteiger charge is 2.36. The number of amides is 2. The lowest BCUT2D eigenvalue weighted by Gasteiger charge is -2.21. The summed E-state index contributed by atoms with van der Waals surface area (Å²) in [5, 5.41) is 3.29. The molecule has 0 spiro atoms. The number of nitrogens with one attached hydrogen (secondary N) is 1. The van der Waals surface area contributed by atoms with E-state index in [0.29, 0.717) is 17.3 Å². The predicted molar refractivity (Wildman–Crippen MR) is 104 cm³/mol. The summed E-state index contributed by atoms with van der Waals surface area (Å²) in [6.45, 7) is 4.33. The molecule has 0 bridgehead atoms. The van der Waals surface area contributed by atoms with E-state index in [1.807, 2.05) is 38.1 Å². The molecule has 0 aliphatic carbocycles. The Hall–Kier alpha value is -1.85. The molecule has 0 aromatic heterocycles. The number of para-hydroxylation sites is 1. The molecule has 130 valence electrons. The first-order valence-corrected chi connectivity index (χ1v) is 9.16. The SMILES string of the molecule is Cc1cccc(C)c1N1C[C@@H](C(=O)Nc2ccc(Br)cc2Cl)CC1=O. The van der Waals surface area contributed by atoms with Gasteiger partial charge in [0.2, 0.25) is 11.8 Å². The highest BCUT2D eigenvalue weighted by molar-refractivity contribution is 9.10. The topological polar surface area (TPSA) is 49.4 Å². The molecule has 1 heterocycles. The fourth-order valence-corrected chi connectivity index (χ4v) is 3.88. The Labute approximate surface area is 160 Å².